The first-order valence-corrected chi connectivity index (χ1v) is 8.48. The Kier molecular flexibility index (Phi) is 5.49. The predicted molar refractivity (Wildman–Crippen MR) is 75.7 cm³/mol. The van der Waals surface area contributed by atoms with E-state index < -0.39 is 31.7 Å². The van der Waals surface area contributed by atoms with Crippen LogP contribution in [0.25, 0.3) is 0 Å². The van der Waals surface area contributed by atoms with Crippen molar-refractivity contribution in [1.82, 2.24) is 9.55 Å². The van der Waals surface area contributed by atoms with Gasteiger partial charge in [0.25, 0.3) is 0 Å². The third-order valence-electron chi connectivity index (χ3n) is 3.31. The minimum Gasteiger partial charge on any atom is -0.374 e. The fourth-order valence-electron chi connectivity index (χ4n) is 2.23. The largest absolute Gasteiger partial charge is 0.374 e. The van der Waals surface area contributed by atoms with Crippen molar-refractivity contribution < 1.29 is 28.6 Å². The second-order valence-electron chi connectivity index (χ2n) is 4.98. The van der Waals surface area contributed by atoms with Crippen molar-refractivity contribution in [3.8, 4) is 0 Å². The van der Waals surface area contributed by atoms with Gasteiger partial charge in [-0.1, -0.05) is 0 Å². The zero-order valence-corrected chi connectivity index (χ0v) is 13.2. The van der Waals surface area contributed by atoms with Gasteiger partial charge in [0.15, 0.2) is 6.23 Å². The second kappa shape index (κ2) is 6.99. The van der Waals surface area contributed by atoms with Crippen LogP contribution in [0.3, 0.4) is 0 Å². The van der Waals surface area contributed by atoms with E-state index in [1.165, 1.54) is 11.7 Å². The lowest BCUT2D eigenvalue weighted by Crippen LogP contribution is -2.37. The third-order valence-corrected chi connectivity index (χ3v) is 4.07. The van der Waals surface area contributed by atoms with Crippen LogP contribution in [-0.2, 0) is 18.8 Å². The molecule has 1 aromatic rings. The van der Waals surface area contributed by atoms with Gasteiger partial charge in [0.05, 0.1) is 19.4 Å². The average Bonchev–Trinajstić information content (AvgIpc) is 2.80. The lowest BCUT2D eigenvalue weighted by Gasteiger charge is -2.22. The first-order valence-electron chi connectivity index (χ1n) is 6.68. The third kappa shape index (κ3) is 4.22. The Morgan fingerprint density at radius 2 is 2.27 bits per heavy atom. The maximum atomic E-state index is 11.9. The molecule has 0 unspecified atom stereocenters. The van der Waals surface area contributed by atoms with Gasteiger partial charge < -0.3 is 24.0 Å². The molecule has 1 aliphatic heterocycles. The molecular weight excluding hydrogens is 315 g/mol. The summed E-state index contributed by atoms with van der Waals surface area (Å²) in [7, 11) is -2.65. The molecule has 2 rings (SSSR count). The fourth-order valence-corrected chi connectivity index (χ4v) is 2.57. The summed E-state index contributed by atoms with van der Waals surface area (Å²) in [6.07, 6.45) is -0.588. The Morgan fingerprint density at radius 3 is 2.86 bits per heavy atom. The van der Waals surface area contributed by atoms with E-state index in [0.29, 0.717) is 5.69 Å². The summed E-state index contributed by atoms with van der Waals surface area (Å²) >= 11 is 0. The number of aromatic nitrogens is 2. The van der Waals surface area contributed by atoms with Gasteiger partial charge in [-0.15, -0.1) is 0 Å². The summed E-state index contributed by atoms with van der Waals surface area (Å²) in [6.45, 7) is 1.75. The zero-order chi connectivity index (χ0) is 16.3. The number of aryl methyl sites for hydroxylation is 1. The lowest BCUT2D eigenvalue weighted by atomic mass is 10.2. The van der Waals surface area contributed by atoms with Crippen LogP contribution >= 0.6 is 7.60 Å². The van der Waals surface area contributed by atoms with Crippen molar-refractivity contribution in [3.05, 3.63) is 28.4 Å². The standard InChI is InChI=1S/C12H19N2O7P/c1-8-3-4-14(12(15)13-8)11-10(19-2)9(7-21-11)20-5-6-22(16,17)18/h3-4,9-11H,5-7H2,1-2H3,(H2,16,17,18)/t9-,10+,11+/m0/s1. The van der Waals surface area contributed by atoms with E-state index >= 15 is 0 Å². The molecule has 124 valence electrons. The van der Waals surface area contributed by atoms with E-state index in [1.54, 1.807) is 19.2 Å². The van der Waals surface area contributed by atoms with Gasteiger partial charge in [-0.05, 0) is 13.0 Å². The number of nitrogens with zero attached hydrogens (tertiary/aromatic N) is 2. The quantitative estimate of drug-likeness (QED) is 0.678. The number of hydrogen-bond donors (Lipinski definition) is 2. The molecule has 10 heteroatoms. The molecule has 2 N–H and O–H groups in total. The number of methoxy groups -OCH3 is 1. The maximum Gasteiger partial charge on any atom is 0.349 e. The Morgan fingerprint density at radius 1 is 1.55 bits per heavy atom. The molecule has 22 heavy (non-hydrogen) atoms. The molecule has 1 aromatic heterocycles. The molecule has 0 bridgehead atoms. The summed E-state index contributed by atoms with van der Waals surface area (Å²) in [5, 5.41) is 0. The van der Waals surface area contributed by atoms with Gasteiger partial charge >= 0.3 is 13.3 Å². The van der Waals surface area contributed by atoms with Crippen molar-refractivity contribution in [2.45, 2.75) is 25.4 Å². The molecule has 1 aliphatic rings. The van der Waals surface area contributed by atoms with Crippen molar-refractivity contribution >= 4 is 7.60 Å². The van der Waals surface area contributed by atoms with Crippen LogP contribution in [0.1, 0.15) is 11.9 Å². The minimum absolute atomic E-state index is 0.119. The van der Waals surface area contributed by atoms with Crippen molar-refractivity contribution in [2.75, 3.05) is 26.5 Å². The van der Waals surface area contributed by atoms with Crippen LogP contribution in [0.5, 0.6) is 0 Å². The average molecular weight is 334 g/mol. The zero-order valence-electron chi connectivity index (χ0n) is 12.3. The molecule has 0 aromatic carbocycles. The molecule has 9 nitrogen and oxygen atoms in total. The molecule has 3 atom stereocenters. The summed E-state index contributed by atoms with van der Waals surface area (Å²) in [6, 6.07) is 1.68. The molecule has 0 spiro atoms. The van der Waals surface area contributed by atoms with E-state index in [4.69, 9.17) is 24.0 Å². The normalized spacial score (nSPS) is 25.5. The van der Waals surface area contributed by atoms with Crippen LogP contribution in [0.4, 0.5) is 0 Å². The molecule has 1 saturated heterocycles. The predicted octanol–water partition coefficient (Wildman–Crippen LogP) is -0.342. The first kappa shape index (κ1) is 17.3. The first-order chi connectivity index (χ1) is 10.3. The Bertz CT molecular complexity index is 614. The van der Waals surface area contributed by atoms with Crippen molar-refractivity contribution in [3.63, 3.8) is 0 Å². The van der Waals surface area contributed by atoms with Crippen LogP contribution in [0, 0.1) is 6.92 Å². The van der Waals surface area contributed by atoms with E-state index in [-0.39, 0.29) is 19.4 Å². The maximum absolute atomic E-state index is 11.9. The van der Waals surface area contributed by atoms with Crippen LogP contribution < -0.4 is 5.69 Å². The van der Waals surface area contributed by atoms with E-state index in [0.717, 1.165) is 0 Å². The van der Waals surface area contributed by atoms with Gasteiger partial charge in [0.2, 0.25) is 0 Å². The minimum atomic E-state index is -4.11. The number of hydrogen-bond acceptors (Lipinski definition) is 6. The van der Waals surface area contributed by atoms with Gasteiger partial charge in [-0.3, -0.25) is 9.13 Å². The van der Waals surface area contributed by atoms with Gasteiger partial charge in [-0.25, -0.2) is 4.79 Å². The Labute approximate surface area is 127 Å². The number of rotatable bonds is 6. The monoisotopic (exact) mass is 334 g/mol. The van der Waals surface area contributed by atoms with Crippen LogP contribution in [-0.4, -0.2) is 58.0 Å². The highest BCUT2D eigenvalue weighted by atomic mass is 31.2. The van der Waals surface area contributed by atoms with E-state index in [1.807, 2.05) is 0 Å². The highest BCUT2D eigenvalue weighted by Gasteiger charge is 2.40. The van der Waals surface area contributed by atoms with Crippen LogP contribution in [0.2, 0.25) is 0 Å². The smallest absolute Gasteiger partial charge is 0.349 e. The molecule has 0 radical (unpaired) electrons. The van der Waals surface area contributed by atoms with Gasteiger partial charge in [0.1, 0.15) is 12.2 Å². The topological polar surface area (TPSA) is 120 Å². The highest BCUT2D eigenvalue weighted by Crippen LogP contribution is 2.34. The summed E-state index contributed by atoms with van der Waals surface area (Å²) in [5.74, 6) is 0. The molecular formula is C12H19N2O7P. The van der Waals surface area contributed by atoms with Crippen molar-refractivity contribution in [2.24, 2.45) is 0 Å². The Hall–Kier alpha value is -1.09. The Balaban J connectivity index is 2.06. The number of ether oxygens (including phenoxy) is 3. The molecule has 1 fully saturated rings. The van der Waals surface area contributed by atoms with E-state index in [9.17, 15) is 9.36 Å². The molecule has 0 saturated carbocycles. The SMILES string of the molecule is CO[C@@H]1[C@@H](OCCP(=O)(O)O)CO[C@H]1n1ccc(C)nc1=O. The van der Waals surface area contributed by atoms with Crippen LogP contribution in [0.15, 0.2) is 17.1 Å². The van der Waals surface area contributed by atoms with Gasteiger partial charge in [0, 0.05) is 19.0 Å². The van der Waals surface area contributed by atoms with Gasteiger partial charge in [-0.2, -0.15) is 4.98 Å². The highest BCUT2D eigenvalue weighted by molar-refractivity contribution is 7.51. The lowest BCUT2D eigenvalue weighted by molar-refractivity contribution is -0.0592. The summed E-state index contributed by atoms with van der Waals surface area (Å²) in [5.41, 5.74) is 0.144. The molecule has 0 amide bonds. The van der Waals surface area contributed by atoms with E-state index in [2.05, 4.69) is 4.98 Å². The summed E-state index contributed by atoms with van der Waals surface area (Å²) < 4.78 is 28.4. The van der Waals surface area contributed by atoms with Crippen molar-refractivity contribution in [1.29, 1.82) is 0 Å². The summed E-state index contributed by atoms with van der Waals surface area (Å²) in [4.78, 5) is 33.4. The fraction of sp³-hybridized carbons (Fsp3) is 0.667. The second-order valence-corrected chi connectivity index (χ2v) is 6.76. The molecule has 2 heterocycles. The molecule has 0 aliphatic carbocycles.